The van der Waals surface area contributed by atoms with Crippen LogP contribution in [0.15, 0.2) is 6.33 Å². The first-order valence-corrected chi connectivity index (χ1v) is 3.49. The molecule has 0 fully saturated rings. The quantitative estimate of drug-likeness (QED) is 0.679. The van der Waals surface area contributed by atoms with E-state index < -0.39 is 12.6 Å². The average molecular weight is 172 g/mol. The third kappa shape index (κ3) is 1.77. The van der Waals surface area contributed by atoms with Gasteiger partial charge in [0.2, 0.25) is 5.82 Å². The highest BCUT2D eigenvalue weighted by atomic mass is 19.1. The zero-order chi connectivity index (χ0) is 8.97. The second-order valence-electron chi connectivity index (χ2n) is 2.21. The largest absolute Gasteiger partial charge is 0.363 e. The molecule has 1 aromatic heterocycles. The lowest BCUT2D eigenvalue weighted by atomic mass is 10.4. The van der Waals surface area contributed by atoms with Crippen molar-refractivity contribution in [3.63, 3.8) is 0 Å². The molecule has 0 unspecified atom stereocenters. The standard InChI is InChI=1S/C6H9FN4O/c7-2-1-3-11-6(5(8)12)9-4-10-11/h4H,1-3H2,(H2,8,12). The van der Waals surface area contributed by atoms with Gasteiger partial charge in [0.25, 0.3) is 5.91 Å². The molecule has 12 heavy (non-hydrogen) atoms. The summed E-state index contributed by atoms with van der Waals surface area (Å²) in [7, 11) is 0. The maximum Gasteiger partial charge on any atom is 0.286 e. The molecule has 0 aliphatic carbocycles. The van der Waals surface area contributed by atoms with Gasteiger partial charge in [-0.15, -0.1) is 0 Å². The van der Waals surface area contributed by atoms with Gasteiger partial charge in [-0.25, -0.2) is 9.67 Å². The Balaban J connectivity index is 2.70. The van der Waals surface area contributed by atoms with E-state index >= 15 is 0 Å². The molecule has 6 heteroatoms. The number of hydrogen-bond acceptors (Lipinski definition) is 3. The summed E-state index contributed by atoms with van der Waals surface area (Å²) in [5.74, 6) is -0.574. The number of carbonyl (C=O) groups excluding carboxylic acids is 1. The number of alkyl halides is 1. The van der Waals surface area contributed by atoms with Crippen LogP contribution in [0.2, 0.25) is 0 Å². The number of primary amides is 1. The van der Waals surface area contributed by atoms with Crippen molar-refractivity contribution in [2.75, 3.05) is 6.67 Å². The van der Waals surface area contributed by atoms with Gasteiger partial charge in [-0.05, 0) is 6.42 Å². The number of nitrogens with two attached hydrogens (primary N) is 1. The molecule has 1 aromatic rings. The molecule has 5 nitrogen and oxygen atoms in total. The van der Waals surface area contributed by atoms with Gasteiger partial charge in [0, 0.05) is 6.54 Å². The van der Waals surface area contributed by atoms with E-state index in [9.17, 15) is 9.18 Å². The Labute approximate surface area is 68.4 Å². The normalized spacial score (nSPS) is 10.1. The fourth-order valence-electron chi connectivity index (χ4n) is 0.828. The van der Waals surface area contributed by atoms with E-state index in [0.29, 0.717) is 13.0 Å². The Morgan fingerprint density at radius 1 is 1.75 bits per heavy atom. The van der Waals surface area contributed by atoms with E-state index in [1.807, 2.05) is 0 Å². The van der Waals surface area contributed by atoms with Crippen LogP contribution in [0.25, 0.3) is 0 Å². The van der Waals surface area contributed by atoms with Crippen LogP contribution in [0.1, 0.15) is 17.0 Å². The minimum absolute atomic E-state index is 0.0726. The van der Waals surface area contributed by atoms with Crippen LogP contribution >= 0.6 is 0 Å². The molecule has 0 aliphatic heterocycles. The maximum absolute atomic E-state index is 11.7. The molecule has 66 valence electrons. The summed E-state index contributed by atoms with van der Waals surface area (Å²) in [5.41, 5.74) is 4.97. The van der Waals surface area contributed by atoms with Crippen molar-refractivity contribution in [1.82, 2.24) is 14.8 Å². The topological polar surface area (TPSA) is 73.8 Å². The van der Waals surface area contributed by atoms with E-state index in [4.69, 9.17) is 5.73 Å². The number of nitrogens with zero attached hydrogens (tertiary/aromatic N) is 3. The van der Waals surface area contributed by atoms with Crippen molar-refractivity contribution in [1.29, 1.82) is 0 Å². The van der Waals surface area contributed by atoms with Crippen molar-refractivity contribution >= 4 is 5.91 Å². The number of aromatic nitrogens is 3. The number of halogens is 1. The van der Waals surface area contributed by atoms with Gasteiger partial charge in [0.05, 0.1) is 6.67 Å². The molecule has 2 N–H and O–H groups in total. The SMILES string of the molecule is NC(=O)c1ncnn1CCCF. The Bertz CT molecular complexity index is 272. The fourth-order valence-corrected chi connectivity index (χ4v) is 0.828. The second-order valence-corrected chi connectivity index (χ2v) is 2.21. The summed E-state index contributed by atoms with van der Waals surface area (Å²) in [6.45, 7) is -0.118. The number of hydrogen-bond donors (Lipinski definition) is 1. The number of aryl methyl sites for hydroxylation is 1. The summed E-state index contributed by atoms with van der Waals surface area (Å²) in [6.07, 6.45) is 1.53. The predicted molar refractivity (Wildman–Crippen MR) is 39.1 cm³/mol. The molecule has 0 radical (unpaired) electrons. The summed E-state index contributed by atoms with van der Waals surface area (Å²) >= 11 is 0. The van der Waals surface area contributed by atoms with Crippen molar-refractivity contribution < 1.29 is 9.18 Å². The Kier molecular flexibility index (Phi) is 2.73. The predicted octanol–water partition coefficient (Wildman–Crippen LogP) is -0.263. The molecule has 1 rings (SSSR count). The lowest BCUT2D eigenvalue weighted by Crippen LogP contribution is -2.19. The smallest absolute Gasteiger partial charge is 0.286 e. The molecular formula is C6H9FN4O. The first kappa shape index (κ1) is 8.63. The van der Waals surface area contributed by atoms with Crippen LogP contribution in [0.4, 0.5) is 4.39 Å². The van der Waals surface area contributed by atoms with Crippen molar-refractivity contribution in [2.45, 2.75) is 13.0 Å². The lowest BCUT2D eigenvalue weighted by Gasteiger charge is -1.99. The van der Waals surface area contributed by atoms with Crippen LogP contribution in [0, 0.1) is 0 Å². The molecule has 0 aromatic carbocycles. The molecular weight excluding hydrogens is 163 g/mol. The monoisotopic (exact) mass is 172 g/mol. The maximum atomic E-state index is 11.7. The third-order valence-electron chi connectivity index (χ3n) is 1.34. The molecule has 1 amide bonds. The van der Waals surface area contributed by atoms with Gasteiger partial charge in [-0.2, -0.15) is 5.10 Å². The van der Waals surface area contributed by atoms with Gasteiger partial charge >= 0.3 is 0 Å². The van der Waals surface area contributed by atoms with Gasteiger partial charge in [-0.1, -0.05) is 0 Å². The zero-order valence-electron chi connectivity index (χ0n) is 6.40. The highest BCUT2D eigenvalue weighted by molar-refractivity contribution is 5.88. The number of rotatable bonds is 4. The number of amides is 1. The summed E-state index contributed by atoms with van der Waals surface area (Å²) < 4.78 is 13.0. The lowest BCUT2D eigenvalue weighted by molar-refractivity contribution is 0.0984. The first-order valence-electron chi connectivity index (χ1n) is 3.49. The van der Waals surface area contributed by atoms with E-state index in [2.05, 4.69) is 10.1 Å². The Morgan fingerprint density at radius 2 is 2.50 bits per heavy atom. The summed E-state index contributed by atoms with van der Waals surface area (Å²) in [4.78, 5) is 14.3. The second kappa shape index (κ2) is 3.80. The zero-order valence-corrected chi connectivity index (χ0v) is 6.40. The Hall–Kier alpha value is -1.46. The van der Waals surface area contributed by atoms with Crippen LogP contribution < -0.4 is 5.73 Å². The van der Waals surface area contributed by atoms with Crippen molar-refractivity contribution in [3.05, 3.63) is 12.2 Å². The molecule has 0 atom stereocenters. The van der Waals surface area contributed by atoms with E-state index in [1.165, 1.54) is 11.0 Å². The van der Waals surface area contributed by atoms with Crippen LogP contribution in [0.3, 0.4) is 0 Å². The molecule has 0 saturated carbocycles. The summed E-state index contributed by atoms with van der Waals surface area (Å²) in [6, 6.07) is 0. The van der Waals surface area contributed by atoms with Crippen molar-refractivity contribution in [2.24, 2.45) is 5.73 Å². The molecule has 0 aliphatic rings. The van der Waals surface area contributed by atoms with Gasteiger partial charge in [0.1, 0.15) is 6.33 Å². The van der Waals surface area contributed by atoms with Crippen molar-refractivity contribution in [3.8, 4) is 0 Å². The fraction of sp³-hybridized carbons (Fsp3) is 0.500. The third-order valence-corrected chi connectivity index (χ3v) is 1.34. The first-order chi connectivity index (χ1) is 5.75. The Morgan fingerprint density at radius 3 is 3.08 bits per heavy atom. The van der Waals surface area contributed by atoms with Crippen LogP contribution in [-0.4, -0.2) is 27.3 Å². The van der Waals surface area contributed by atoms with E-state index in [0.717, 1.165) is 0 Å². The van der Waals surface area contributed by atoms with E-state index in [-0.39, 0.29) is 5.82 Å². The molecule has 0 spiro atoms. The molecule has 0 saturated heterocycles. The minimum atomic E-state index is -0.647. The minimum Gasteiger partial charge on any atom is -0.363 e. The average Bonchev–Trinajstić information content (AvgIpc) is 2.48. The molecule has 1 heterocycles. The van der Waals surface area contributed by atoms with Gasteiger partial charge < -0.3 is 5.73 Å². The highest BCUT2D eigenvalue weighted by Gasteiger charge is 2.08. The summed E-state index contributed by atoms with van der Waals surface area (Å²) in [5, 5.41) is 3.71. The number of carbonyl (C=O) groups is 1. The van der Waals surface area contributed by atoms with Crippen LogP contribution in [0.5, 0.6) is 0 Å². The van der Waals surface area contributed by atoms with Gasteiger partial charge in [-0.3, -0.25) is 9.18 Å². The van der Waals surface area contributed by atoms with Gasteiger partial charge in [0.15, 0.2) is 0 Å². The highest BCUT2D eigenvalue weighted by Crippen LogP contribution is 1.94. The molecule has 0 bridgehead atoms. The van der Waals surface area contributed by atoms with Crippen LogP contribution in [-0.2, 0) is 6.54 Å². The van der Waals surface area contributed by atoms with E-state index in [1.54, 1.807) is 0 Å².